The van der Waals surface area contributed by atoms with Crippen LogP contribution in [-0.4, -0.2) is 69.7 Å². The van der Waals surface area contributed by atoms with Gasteiger partial charge >= 0.3 is 0 Å². The Morgan fingerprint density at radius 3 is 2.65 bits per heavy atom. The molecule has 2 fully saturated rings. The van der Waals surface area contributed by atoms with Crippen molar-refractivity contribution in [2.75, 3.05) is 31.1 Å². The highest BCUT2D eigenvalue weighted by molar-refractivity contribution is 7.18. The molecule has 37 heavy (non-hydrogen) atoms. The van der Waals surface area contributed by atoms with E-state index in [0.717, 1.165) is 59.9 Å². The van der Waals surface area contributed by atoms with Crippen LogP contribution in [0, 0.1) is 0 Å². The highest BCUT2D eigenvalue weighted by Crippen LogP contribution is 2.34. The van der Waals surface area contributed by atoms with Crippen LogP contribution in [0.4, 0.5) is 5.82 Å². The van der Waals surface area contributed by atoms with Crippen molar-refractivity contribution in [3.05, 3.63) is 52.2 Å². The highest BCUT2D eigenvalue weighted by atomic mass is 32.1. The average molecular weight is 519 g/mol. The fourth-order valence-electron chi connectivity index (χ4n) is 5.50. The molecule has 3 aliphatic heterocycles. The van der Waals surface area contributed by atoms with Crippen LogP contribution in [-0.2, 0) is 22.7 Å². The highest BCUT2D eigenvalue weighted by Gasteiger charge is 2.39. The summed E-state index contributed by atoms with van der Waals surface area (Å²) in [5, 5.41) is 3.51. The summed E-state index contributed by atoms with van der Waals surface area (Å²) in [5.41, 5.74) is 2.77. The molecule has 0 radical (unpaired) electrons. The van der Waals surface area contributed by atoms with Crippen LogP contribution in [0.25, 0.3) is 10.2 Å². The van der Waals surface area contributed by atoms with Gasteiger partial charge in [-0.1, -0.05) is 26.0 Å². The number of benzene rings is 1. The number of thiophene rings is 1. The van der Waals surface area contributed by atoms with Crippen LogP contribution < -0.4 is 10.2 Å². The van der Waals surface area contributed by atoms with Crippen molar-refractivity contribution in [3.63, 3.8) is 0 Å². The van der Waals surface area contributed by atoms with Gasteiger partial charge in [-0.2, -0.15) is 0 Å². The zero-order valence-corrected chi connectivity index (χ0v) is 21.9. The van der Waals surface area contributed by atoms with Gasteiger partial charge in [-0.05, 0) is 35.6 Å². The number of fused-ring (bicyclic) bond motifs is 2. The Hall–Kier alpha value is -3.37. The zero-order chi connectivity index (χ0) is 25.7. The second-order valence-electron chi connectivity index (χ2n) is 10.4. The quantitative estimate of drug-likeness (QED) is 0.519. The number of carbonyl (C=O) groups excluding carboxylic acids is 3. The standard InChI is InChI=1S/C27H30N6O3S/c1-16(2)22-12-20-24(28-15-29-26(20)37-22)32-9-7-31(8-10-32)13-17-3-4-19-18(11-17)14-33(27(19)36)21-5-6-23(34)30-25(21)35/h3-4,11-12,15-16,21H,5-10,13-14H2,1-2H3,(H,30,34,35). The molecule has 9 nitrogen and oxygen atoms in total. The van der Waals surface area contributed by atoms with Gasteiger partial charge in [0.25, 0.3) is 5.91 Å². The fourth-order valence-corrected chi connectivity index (χ4v) is 6.50. The van der Waals surface area contributed by atoms with Crippen molar-refractivity contribution < 1.29 is 14.4 Å². The van der Waals surface area contributed by atoms with E-state index in [2.05, 4.69) is 51.1 Å². The molecule has 1 aromatic carbocycles. The molecule has 0 spiro atoms. The zero-order valence-electron chi connectivity index (χ0n) is 21.1. The lowest BCUT2D eigenvalue weighted by Crippen LogP contribution is -2.52. The summed E-state index contributed by atoms with van der Waals surface area (Å²) in [4.78, 5) is 54.7. The first-order valence-electron chi connectivity index (χ1n) is 12.9. The minimum absolute atomic E-state index is 0.130. The van der Waals surface area contributed by atoms with Crippen LogP contribution in [0.2, 0.25) is 0 Å². The maximum atomic E-state index is 13.0. The SMILES string of the molecule is CC(C)c1cc2c(N3CCN(Cc4ccc5c(c4)CN(C4CCC(=O)NC4=O)C5=O)CC3)ncnc2s1. The summed E-state index contributed by atoms with van der Waals surface area (Å²) in [5.74, 6) is 0.724. The van der Waals surface area contributed by atoms with E-state index in [4.69, 9.17) is 0 Å². The van der Waals surface area contributed by atoms with Crippen molar-refractivity contribution in [2.24, 2.45) is 0 Å². The third kappa shape index (κ3) is 4.48. The van der Waals surface area contributed by atoms with Crippen LogP contribution >= 0.6 is 11.3 Å². The summed E-state index contributed by atoms with van der Waals surface area (Å²) >= 11 is 1.75. The van der Waals surface area contributed by atoms with Crippen molar-refractivity contribution in [2.45, 2.75) is 51.7 Å². The number of rotatable bonds is 5. The predicted molar refractivity (Wildman–Crippen MR) is 141 cm³/mol. The lowest BCUT2D eigenvalue weighted by atomic mass is 10.0. The van der Waals surface area contributed by atoms with E-state index in [9.17, 15) is 14.4 Å². The summed E-state index contributed by atoms with van der Waals surface area (Å²) < 4.78 is 0. The molecule has 192 valence electrons. The van der Waals surface area contributed by atoms with E-state index in [0.29, 0.717) is 24.4 Å². The lowest BCUT2D eigenvalue weighted by molar-refractivity contribution is -0.136. The van der Waals surface area contributed by atoms with E-state index in [1.807, 2.05) is 12.1 Å². The molecular weight excluding hydrogens is 488 g/mol. The van der Waals surface area contributed by atoms with E-state index in [1.165, 1.54) is 4.88 Å². The van der Waals surface area contributed by atoms with E-state index >= 15 is 0 Å². The summed E-state index contributed by atoms with van der Waals surface area (Å²) in [7, 11) is 0. The van der Waals surface area contributed by atoms with Crippen molar-refractivity contribution >= 4 is 45.1 Å². The number of nitrogens with zero attached hydrogens (tertiary/aromatic N) is 5. The number of piperazine rings is 1. The molecule has 0 saturated carbocycles. The van der Waals surface area contributed by atoms with Crippen LogP contribution in [0.1, 0.15) is 59.0 Å². The minimum Gasteiger partial charge on any atom is -0.353 e. The van der Waals surface area contributed by atoms with Gasteiger partial charge < -0.3 is 9.80 Å². The van der Waals surface area contributed by atoms with Gasteiger partial charge in [-0.3, -0.25) is 24.6 Å². The molecule has 2 aromatic heterocycles. The Bertz CT molecular complexity index is 1390. The van der Waals surface area contributed by atoms with Gasteiger partial charge in [0.15, 0.2) is 0 Å². The number of aromatic nitrogens is 2. The lowest BCUT2D eigenvalue weighted by Gasteiger charge is -2.35. The normalized spacial score (nSPS) is 20.7. The van der Waals surface area contributed by atoms with E-state index in [-0.39, 0.29) is 24.1 Å². The molecule has 3 aromatic rings. The van der Waals surface area contributed by atoms with Gasteiger partial charge in [0.1, 0.15) is 23.0 Å². The van der Waals surface area contributed by atoms with Gasteiger partial charge in [0, 0.05) is 56.1 Å². The van der Waals surface area contributed by atoms with Crippen LogP contribution in [0.3, 0.4) is 0 Å². The first-order valence-corrected chi connectivity index (χ1v) is 13.7. The summed E-state index contributed by atoms with van der Waals surface area (Å²) in [6, 6.07) is 7.66. The second kappa shape index (κ2) is 9.50. The number of carbonyl (C=O) groups is 3. The third-order valence-electron chi connectivity index (χ3n) is 7.56. The second-order valence-corrected chi connectivity index (χ2v) is 11.4. The number of imide groups is 1. The van der Waals surface area contributed by atoms with Gasteiger partial charge in [-0.15, -0.1) is 11.3 Å². The molecule has 0 aliphatic carbocycles. The average Bonchev–Trinajstić information content (AvgIpc) is 3.46. The number of anilines is 1. The maximum absolute atomic E-state index is 13.0. The third-order valence-corrected chi connectivity index (χ3v) is 8.91. The van der Waals surface area contributed by atoms with Crippen LogP contribution in [0.15, 0.2) is 30.6 Å². The van der Waals surface area contributed by atoms with Gasteiger partial charge in [0.05, 0.1) is 5.39 Å². The summed E-state index contributed by atoms with van der Waals surface area (Å²) in [6.07, 6.45) is 2.32. The topological polar surface area (TPSA) is 98.7 Å². The molecule has 5 heterocycles. The van der Waals surface area contributed by atoms with Gasteiger partial charge in [-0.25, -0.2) is 9.97 Å². The maximum Gasteiger partial charge on any atom is 0.255 e. The smallest absolute Gasteiger partial charge is 0.255 e. The number of piperidine rings is 1. The van der Waals surface area contributed by atoms with Crippen molar-refractivity contribution in [3.8, 4) is 0 Å². The molecule has 2 saturated heterocycles. The molecule has 10 heteroatoms. The Morgan fingerprint density at radius 1 is 1.08 bits per heavy atom. The van der Waals surface area contributed by atoms with E-state index < -0.39 is 6.04 Å². The first-order chi connectivity index (χ1) is 17.9. The largest absolute Gasteiger partial charge is 0.353 e. The number of hydrogen-bond donors (Lipinski definition) is 1. The Kier molecular flexibility index (Phi) is 6.16. The Balaban J connectivity index is 1.10. The van der Waals surface area contributed by atoms with Gasteiger partial charge in [0.2, 0.25) is 11.8 Å². The molecule has 3 amide bonds. The Labute approximate surface area is 219 Å². The number of hydrogen-bond acceptors (Lipinski definition) is 8. The monoisotopic (exact) mass is 518 g/mol. The molecular formula is C27H30N6O3S. The summed E-state index contributed by atoms with van der Waals surface area (Å²) in [6.45, 7) is 9.26. The minimum atomic E-state index is -0.581. The molecule has 3 aliphatic rings. The van der Waals surface area contributed by atoms with Crippen molar-refractivity contribution in [1.29, 1.82) is 0 Å². The molecule has 6 rings (SSSR count). The first kappa shape index (κ1) is 24.0. The Morgan fingerprint density at radius 2 is 1.89 bits per heavy atom. The fraction of sp³-hybridized carbons (Fsp3) is 0.444. The molecule has 1 atom stereocenters. The molecule has 1 N–H and O–H groups in total. The number of nitrogens with one attached hydrogen (secondary N) is 1. The predicted octanol–water partition coefficient (Wildman–Crippen LogP) is 2.90. The number of amides is 3. The molecule has 0 bridgehead atoms. The molecule has 1 unspecified atom stereocenters. The van der Waals surface area contributed by atoms with Crippen LogP contribution in [0.5, 0.6) is 0 Å². The van der Waals surface area contributed by atoms with E-state index in [1.54, 1.807) is 22.6 Å². The van der Waals surface area contributed by atoms with Crippen molar-refractivity contribution in [1.82, 2.24) is 25.1 Å².